The van der Waals surface area contributed by atoms with Crippen LogP contribution in [-0.2, 0) is 14.2 Å². The van der Waals surface area contributed by atoms with Crippen molar-refractivity contribution >= 4 is 36.1 Å². The van der Waals surface area contributed by atoms with Crippen molar-refractivity contribution in [3.8, 4) is 0 Å². The highest BCUT2D eigenvalue weighted by molar-refractivity contribution is 6.30. The maximum atomic E-state index is 13.1. The minimum absolute atomic E-state index is 0. The molecule has 2 fully saturated rings. The van der Waals surface area contributed by atoms with Gasteiger partial charge in [-0.15, -0.1) is 12.4 Å². The molecule has 210 valence electrons. The first-order valence-corrected chi connectivity index (χ1v) is 13.3. The van der Waals surface area contributed by atoms with Crippen LogP contribution in [0.4, 0.5) is 9.59 Å². The van der Waals surface area contributed by atoms with Crippen LogP contribution in [0.2, 0.25) is 5.02 Å². The lowest BCUT2D eigenvalue weighted by Gasteiger charge is -2.37. The first-order valence-electron chi connectivity index (χ1n) is 13.0. The number of nitrogens with one attached hydrogen (secondary N) is 3. The fourth-order valence-corrected chi connectivity index (χ4v) is 5.26. The van der Waals surface area contributed by atoms with Gasteiger partial charge in [0, 0.05) is 56.4 Å². The summed E-state index contributed by atoms with van der Waals surface area (Å²) in [5, 5.41) is 9.76. The zero-order valence-electron chi connectivity index (χ0n) is 21.9. The molecule has 3 N–H and O–H groups in total. The number of nitrogens with zero attached hydrogens (tertiary/aromatic N) is 1. The van der Waals surface area contributed by atoms with Gasteiger partial charge in [0.15, 0.2) is 0 Å². The molecule has 2 aliphatic rings. The molecule has 3 amide bonds. The molecule has 1 aromatic rings. The Kier molecular flexibility index (Phi) is 14.4. The summed E-state index contributed by atoms with van der Waals surface area (Å²) in [7, 11) is 3.27. The van der Waals surface area contributed by atoms with Gasteiger partial charge in [0.1, 0.15) is 0 Å². The van der Waals surface area contributed by atoms with E-state index in [0.29, 0.717) is 37.2 Å². The number of benzene rings is 1. The van der Waals surface area contributed by atoms with Crippen LogP contribution in [0.1, 0.15) is 43.8 Å². The SMILES string of the molecule is CN[C@@H](CNC(=O)N1CCC[C@@H](C(OCCNC(=O)OC)c2cccc(Cl)c2)C1)C[C@H]1CCCOC1.Cl. The lowest BCUT2D eigenvalue weighted by atomic mass is 9.88. The van der Waals surface area contributed by atoms with Gasteiger partial charge in [-0.2, -0.15) is 0 Å². The van der Waals surface area contributed by atoms with Gasteiger partial charge in [0.05, 0.1) is 19.8 Å². The predicted octanol–water partition coefficient (Wildman–Crippen LogP) is 4.00. The Bertz CT molecular complexity index is 828. The zero-order valence-corrected chi connectivity index (χ0v) is 23.5. The summed E-state index contributed by atoms with van der Waals surface area (Å²) in [6.45, 7) is 4.21. The molecule has 0 radical (unpaired) electrons. The molecule has 1 aromatic carbocycles. The van der Waals surface area contributed by atoms with E-state index in [1.165, 1.54) is 13.5 Å². The van der Waals surface area contributed by atoms with Gasteiger partial charge < -0.3 is 35.1 Å². The third-order valence-electron chi connectivity index (χ3n) is 6.99. The Morgan fingerprint density at radius 1 is 1.24 bits per heavy atom. The first kappa shape index (κ1) is 31.4. The number of rotatable bonds is 11. The summed E-state index contributed by atoms with van der Waals surface area (Å²) in [4.78, 5) is 26.3. The first-order chi connectivity index (χ1) is 17.5. The highest BCUT2D eigenvalue weighted by Crippen LogP contribution is 2.34. The van der Waals surface area contributed by atoms with Gasteiger partial charge >= 0.3 is 12.1 Å². The maximum Gasteiger partial charge on any atom is 0.406 e. The summed E-state index contributed by atoms with van der Waals surface area (Å²) >= 11 is 6.27. The quantitative estimate of drug-likeness (QED) is 0.353. The number of carbonyl (C=O) groups excluding carboxylic acids is 2. The van der Waals surface area contributed by atoms with E-state index in [1.807, 2.05) is 36.2 Å². The summed E-state index contributed by atoms with van der Waals surface area (Å²) < 4.78 is 16.5. The Morgan fingerprint density at radius 2 is 2.08 bits per heavy atom. The van der Waals surface area contributed by atoms with Crippen molar-refractivity contribution in [1.82, 2.24) is 20.9 Å². The van der Waals surface area contributed by atoms with Gasteiger partial charge in [0.25, 0.3) is 0 Å². The van der Waals surface area contributed by atoms with Crippen molar-refractivity contribution in [3.63, 3.8) is 0 Å². The van der Waals surface area contributed by atoms with Crippen LogP contribution in [0.3, 0.4) is 0 Å². The molecule has 37 heavy (non-hydrogen) atoms. The summed E-state index contributed by atoms with van der Waals surface area (Å²) in [6.07, 6.45) is 4.38. The molecule has 0 spiro atoms. The molecule has 2 heterocycles. The van der Waals surface area contributed by atoms with E-state index < -0.39 is 6.09 Å². The fraction of sp³-hybridized carbons (Fsp3) is 0.692. The topological polar surface area (TPSA) is 101 Å². The number of methoxy groups -OCH3 is 1. The fourth-order valence-electron chi connectivity index (χ4n) is 5.06. The second-order valence-electron chi connectivity index (χ2n) is 9.60. The summed E-state index contributed by atoms with van der Waals surface area (Å²) in [6, 6.07) is 7.81. The van der Waals surface area contributed by atoms with Crippen molar-refractivity contribution < 1.29 is 23.8 Å². The molecule has 3 rings (SSSR count). The molecule has 0 aromatic heterocycles. The van der Waals surface area contributed by atoms with Gasteiger partial charge in [-0.1, -0.05) is 23.7 Å². The van der Waals surface area contributed by atoms with E-state index in [-0.39, 0.29) is 36.5 Å². The van der Waals surface area contributed by atoms with Crippen molar-refractivity contribution in [2.24, 2.45) is 11.8 Å². The Labute approximate surface area is 231 Å². The number of likely N-dealkylation sites (tertiary alicyclic amines) is 1. The molecule has 0 saturated carbocycles. The van der Waals surface area contributed by atoms with Crippen LogP contribution in [0.25, 0.3) is 0 Å². The van der Waals surface area contributed by atoms with Crippen molar-refractivity contribution in [3.05, 3.63) is 34.9 Å². The minimum atomic E-state index is -0.491. The second kappa shape index (κ2) is 16.9. The van der Waals surface area contributed by atoms with E-state index in [4.69, 9.17) is 21.1 Å². The molecule has 2 saturated heterocycles. The molecule has 0 bridgehead atoms. The Morgan fingerprint density at radius 3 is 2.78 bits per heavy atom. The van der Waals surface area contributed by atoms with Crippen LogP contribution in [0.15, 0.2) is 24.3 Å². The highest BCUT2D eigenvalue weighted by Gasteiger charge is 2.31. The van der Waals surface area contributed by atoms with Gasteiger partial charge in [-0.05, 0) is 62.8 Å². The largest absolute Gasteiger partial charge is 0.453 e. The molecular formula is C26H42Cl2N4O5. The van der Waals surface area contributed by atoms with Crippen LogP contribution in [-0.4, -0.2) is 83.2 Å². The van der Waals surface area contributed by atoms with E-state index in [9.17, 15) is 9.59 Å². The Hall–Kier alpha value is -1.78. The summed E-state index contributed by atoms with van der Waals surface area (Å²) in [5.41, 5.74) is 0.970. The van der Waals surface area contributed by atoms with Crippen LogP contribution >= 0.6 is 24.0 Å². The van der Waals surface area contributed by atoms with E-state index >= 15 is 0 Å². The number of hydrogen-bond acceptors (Lipinski definition) is 6. The number of likely N-dealkylation sites (N-methyl/N-ethyl adjacent to an activating group) is 1. The van der Waals surface area contributed by atoms with Crippen molar-refractivity contribution in [1.29, 1.82) is 0 Å². The molecule has 2 aliphatic heterocycles. The van der Waals surface area contributed by atoms with E-state index in [2.05, 4.69) is 20.7 Å². The number of hydrogen-bond donors (Lipinski definition) is 3. The zero-order chi connectivity index (χ0) is 25.8. The number of amides is 3. The molecule has 11 heteroatoms. The highest BCUT2D eigenvalue weighted by atomic mass is 35.5. The maximum absolute atomic E-state index is 13.1. The van der Waals surface area contributed by atoms with Crippen molar-refractivity contribution in [2.75, 3.05) is 60.2 Å². The number of carbonyl (C=O) groups is 2. The van der Waals surface area contributed by atoms with Gasteiger partial charge in [-0.3, -0.25) is 0 Å². The average Bonchev–Trinajstić information content (AvgIpc) is 2.91. The van der Waals surface area contributed by atoms with E-state index in [0.717, 1.165) is 51.0 Å². The third-order valence-corrected chi connectivity index (χ3v) is 7.22. The average molecular weight is 562 g/mol. The second-order valence-corrected chi connectivity index (χ2v) is 10.0. The van der Waals surface area contributed by atoms with E-state index in [1.54, 1.807) is 0 Å². The number of urea groups is 1. The van der Waals surface area contributed by atoms with Gasteiger partial charge in [0.2, 0.25) is 0 Å². The number of halogens is 2. The Balaban J connectivity index is 0.00000481. The minimum Gasteiger partial charge on any atom is -0.453 e. The molecule has 0 aliphatic carbocycles. The monoisotopic (exact) mass is 560 g/mol. The number of alkyl carbamates (subject to hydrolysis) is 1. The lowest BCUT2D eigenvalue weighted by molar-refractivity contribution is -0.00851. The summed E-state index contributed by atoms with van der Waals surface area (Å²) in [5.74, 6) is 0.650. The number of ether oxygens (including phenoxy) is 3. The van der Waals surface area contributed by atoms with Crippen LogP contribution < -0.4 is 16.0 Å². The molecular weight excluding hydrogens is 519 g/mol. The normalized spacial score (nSPS) is 21.3. The molecule has 1 unspecified atom stereocenters. The number of piperidine rings is 1. The van der Waals surface area contributed by atoms with Crippen LogP contribution in [0, 0.1) is 11.8 Å². The standard InChI is InChI=1S/C26H41ClN4O5.ClH/c1-28-23(14-19-6-5-12-35-18-19)16-30-25(32)31-11-4-8-21(17-31)24(20-7-3-9-22(27)15-20)36-13-10-29-26(33)34-2;/h3,7,9,15,19,21,23-24,28H,4-6,8,10-14,16-18H2,1-2H3,(H,29,33)(H,30,32);1H/t19-,21-,23-,24?;/m1./s1. The van der Waals surface area contributed by atoms with Gasteiger partial charge in [-0.25, -0.2) is 9.59 Å². The smallest absolute Gasteiger partial charge is 0.406 e. The molecule has 4 atom stereocenters. The third kappa shape index (κ3) is 10.5. The van der Waals surface area contributed by atoms with Crippen molar-refractivity contribution in [2.45, 2.75) is 44.2 Å². The predicted molar refractivity (Wildman–Crippen MR) is 147 cm³/mol. The molecule has 9 nitrogen and oxygen atoms in total. The lowest BCUT2D eigenvalue weighted by Crippen LogP contribution is -2.50. The van der Waals surface area contributed by atoms with Crippen LogP contribution in [0.5, 0.6) is 0 Å².